The minimum absolute atomic E-state index is 0.387. The Hall–Kier alpha value is -1.02. The summed E-state index contributed by atoms with van der Waals surface area (Å²) < 4.78 is 0. The van der Waals surface area contributed by atoms with Crippen LogP contribution in [0.2, 0.25) is 0 Å². The molecule has 0 aliphatic heterocycles. The molecule has 0 aliphatic carbocycles. The fourth-order valence-electron chi connectivity index (χ4n) is 1.31. The summed E-state index contributed by atoms with van der Waals surface area (Å²) in [5.41, 5.74) is 3.35. The van der Waals surface area contributed by atoms with Crippen molar-refractivity contribution in [1.29, 1.82) is 0 Å². The van der Waals surface area contributed by atoms with E-state index in [2.05, 4.69) is 12.2 Å². The van der Waals surface area contributed by atoms with Gasteiger partial charge in [-0.15, -0.1) is 0 Å². The zero-order valence-corrected chi connectivity index (χ0v) is 8.52. The van der Waals surface area contributed by atoms with Crippen LogP contribution >= 0.6 is 0 Å². The van der Waals surface area contributed by atoms with Crippen molar-refractivity contribution < 1.29 is 5.11 Å². The largest absolute Gasteiger partial charge is 0.508 e. The Morgan fingerprint density at radius 3 is 2.54 bits per heavy atom. The molecule has 0 atom stereocenters. The molecule has 0 radical (unpaired) electrons. The first kappa shape index (κ1) is 10.1. The van der Waals surface area contributed by atoms with Gasteiger partial charge in [0.2, 0.25) is 0 Å². The predicted molar refractivity (Wildman–Crippen MR) is 55.0 cm³/mol. The molecule has 0 bridgehead atoms. The number of benzene rings is 1. The van der Waals surface area contributed by atoms with Gasteiger partial charge in [-0.2, -0.15) is 0 Å². The minimum atomic E-state index is 0.387. The second-order valence-electron chi connectivity index (χ2n) is 3.35. The molecule has 0 heterocycles. The molecule has 1 rings (SSSR count). The van der Waals surface area contributed by atoms with Crippen LogP contribution in [0.4, 0.5) is 0 Å². The summed E-state index contributed by atoms with van der Waals surface area (Å²) in [5.74, 6) is 0.387. The number of hydrogen-bond donors (Lipinski definition) is 2. The molecule has 1 aromatic carbocycles. The third-order valence-corrected chi connectivity index (χ3v) is 2.22. The van der Waals surface area contributed by atoms with Crippen LogP contribution in [0.25, 0.3) is 0 Å². The SMILES string of the molecule is CCNCc1cc(C)c(O)cc1C. The molecule has 2 heteroatoms. The van der Waals surface area contributed by atoms with Crippen LogP contribution in [-0.4, -0.2) is 11.7 Å². The fraction of sp³-hybridized carbons (Fsp3) is 0.455. The van der Waals surface area contributed by atoms with Crippen LogP contribution in [0.5, 0.6) is 5.75 Å². The number of phenols is 1. The van der Waals surface area contributed by atoms with E-state index in [0.29, 0.717) is 5.75 Å². The summed E-state index contributed by atoms with van der Waals surface area (Å²) in [4.78, 5) is 0. The first-order valence-corrected chi connectivity index (χ1v) is 4.65. The highest BCUT2D eigenvalue weighted by atomic mass is 16.3. The standard InChI is InChI=1S/C11H17NO/c1-4-12-7-10-5-9(3)11(13)6-8(10)2/h5-6,12-13H,4,7H2,1-3H3. The summed E-state index contributed by atoms with van der Waals surface area (Å²) in [6.45, 7) is 7.88. The molecule has 0 unspecified atom stereocenters. The Morgan fingerprint density at radius 2 is 1.92 bits per heavy atom. The lowest BCUT2D eigenvalue weighted by Gasteiger charge is -2.08. The summed E-state index contributed by atoms with van der Waals surface area (Å²) in [7, 11) is 0. The van der Waals surface area contributed by atoms with Gasteiger partial charge in [-0.3, -0.25) is 0 Å². The molecule has 0 aromatic heterocycles. The smallest absolute Gasteiger partial charge is 0.118 e. The predicted octanol–water partition coefficient (Wildman–Crippen LogP) is 2.12. The number of phenolic OH excluding ortho intramolecular Hbond substituents is 1. The topological polar surface area (TPSA) is 32.3 Å². The van der Waals surface area contributed by atoms with Crippen LogP contribution in [-0.2, 0) is 6.54 Å². The number of aryl methyl sites for hydroxylation is 2. The number of rotatable bonds is 3. The lowest BCUT2D eigenvalue weighted by atomic mass is 10.0. The van der Waals surface area contributed by atoms with Gasteiger partial charge in [0.15, 0.2) is 0 Å². The molecule has 2 nitrogen and oxygen atoms in total. The third-order valence-electron chi connectivity index (χ3n) is 2.22. The summed E-state index contributed by atoms with van der Waals surface area (Å²) in [6, 6.07) is 3.86. The van der Waals surface area contributed by atoms with Crippen molar-refractivity contribution in [2.24, 2.45) is 0 Å². The molecule has 0 saturated heterocycles. The van der Waals surface area contributed by atoms with Gasteiger partial charge in [0.25, 0.3) is 0 Å². The van der Waals surface area contributed by atoms with E-state index < -0.39 is 0 Å². The van der Waals surface area contributed by atoms with Gasteiger partial charge in [0.05, 0.1) is 0 Å². The second kappa shape index (κ2) is 4.28. The van der Waals surface area contributed by atoms with E-state index in [1.54, 1.807) is 0 Å². The van der Waals surface area contributed by atoms with Crippen LogP contribution < -0.4 is 5.32 Å². The van der Waals surface area contributed by atoms with Crippen molar-refractivity contribution in [2.45, 2.75) is 27.3 Å². The lowest BCUT2D eigenvalue weighted by Crippen LogP contribution is -2.12. The second-order valence-corrected chi connectivity index (χ2v) is 3.35. The Morgan fingerprint density at radius 1 is 1.23 bits per heavy atom. The Balaban J connectivity index is 2.88. The summed E-state index contributed by atoms with van der Waals surface area (Å²) in [5, 5.41) is 12.7. The normalized spacial score (nSPS) is 10.4. The zero-order valence-electron chi connectivity index (χ0n) is 8.52. The number of aromatic hydroxyl groups is 1. The molecule has 13 heavy (non-hydrogen) atoms. The highest BCUT2D eigenvalue weighted by Crippen LogP contribution is 2.20. The van der Waals surface area contributed by atoms with Gasteiger partial charge in [-0.25, -0.2) is 0 Å². The van der Waals surface area contributed by atoms with Crippen molar-refractivity contribution in [3.8, 4) is 5.75 Å². The van der Waals surface area contributed by atoms with Gasteiger partial charge in [-0.05, 0) is 43.1 Å². The van der Waals surface area contributed by atoms with Gasteiger partial charge in [0, 0.05) is 6.54 Å². The molecule has 0 aliphatic rings. The molecule has 1 aromatic rings. The quantitative estimate of drug-likeness (QED) is 0.745. The summed E-state index contributed by atoms with van der Waals surface area (Å²) >= 11 is 0. The first-order valence-electron chi connectivity index (χ1n) is 4.65. The van der Waals surface area contributed by atoms with E-state index in [1.165, 1.54) is 5.56 Å². The van der Waals surface area contributed by atoms with Crippen LogP contribution in [0.15, 0.2) is 12.1 Å². The fourth-order valence-corrected chi connectivity index (χ4v) is 1.31. The maximum atomic E-state index is 9.43. The van der Waals surface area contributed by atoms with Crippen molar-refractivity contribution in [1.82, 2.24) is 5.32 Å². The van der Waals surface area contributed by atoms with Crippen molar-refractivity contribution >= 4 is 0 Å². The van der Waals surface area contributed by atoms with E-state index in [9.17, 15) is 5.11 Å². The third kappa shape index (κ3) is 2.46. The van der Waals surface area contributed by atoms with Crippen LogP contribution in [0.3, 0.4) is 0 Å². The average Bonchev–Trinajstić information content (AvgIpc) is 2.09. The Kier molecular flexibility index (Phi) is 3.32. The van der Waals surface area contributed by atoms with Gasteiger partial charge in [0.1, 0.15) is 5.75 Å². The number of nitrogens with one attached hydrogen (secondary N) is 1. The Bertz CT molecular complexity index is 294. The van der Waals surface area contributed by atoms with Crippen molar-refractivity contribution in [3.05, 3.63) is 28.8 Å². The molecular weight excluding hydrogens is 162 g/mol. The zero-order chi connectivity index (χ0) is 9.84. The minimum Gasteiger partial charge on any atom is -0.508 e. The maximum Gasteiger partial charge on any atom is 0.118 e. The molecular formula is C11H17NO. The van der Waals surface area contributed by atoms with E-state index in [-0.39, 0.29) is 0 Å². The monoisotopic (exact) mass is 179 g/mol. The van der Waals surface area contributed by atoms with E-state index >= 15 is 0 Å². The van der Waals surface area contributed by atoms with Gasteiger partial charge in [-0.1, -0.05) is 13.0 Å². The van der Waals surface area contributed by atoms with E-state index in [0.717, 1.165) is 24.2 Å². The highest BCUT2D eigenvalue weighted by molar-refractivity contribution is 5.40. The van der Waals surface area contributed by atoms with E-state index in [4.69, 9.17) is 0 Å². The van der Waals surface area contributed by atoms with E-state index in [1.807, 2.05) is 26.0 Å². The summed E-state index contributed by atoms with van der Waals surface area (Å²) in [6.07, 6.45) is 0. The molecule has 0 amide bonds. The van der Waals surface area contributed by atoms with Crippen molar-refractivity contribution in [2.75, 3.05) is 6.54 Å². The molecule has 0 saturated carbocycles. The van der Waals surface area contributed by atoms with Gasteiger partial charge >= 0.3 is 0 Å². The molecule has 0 fully saturated rings. The maximum absolute atomic E-state index is 9.43. The molecule has 2 N–H and O–H groups in total. The first-order chi connectivity index (χ1) is 6.15. The highest BCUT2D eigenvalue weighted by Gasteiger charge is 2.02. The van der Waals surface area contributed by atoms with Crippen molar-refractivity contribution in [3.63, 3.8) is 0 Å². The Labute approximate surface area is 79.6 Å². The molecule has 0 spiro atoms. The van der Waals surface area contributed by atoms with Crippen LogP contribution in [0.1, 0.15) is 23.6 Å². The number of hydrogen-bond acceptors (Lipinski definition) is 2. The molecule has 72 valence electrons. The lowest BCUT2D eigenvalue weighted by molar-refractivity contribution is 0.470. The van der Waals surface area contributed by atoms with Gasteiger partial charge < -0.3 is 10.4 Å². The van der Waals surface area contributed by atoms with Crippen LogP contribution in [0, 0.1) is 13.8 Å². The average molecular weight is 179 g/mol.